The van der Waals surface area contributed by atoms with E-state index < -0.39 is 5.91 Å². The first-order valence-corrected chi connectivity index (χ1v) is 4.90. The number of nitriles is 1. The zero-order chi connectivity index (χ0) is 13.7. The number of ether oxygens (including phenoxy) is 2. The second-order valence-corrected chi connectivity index (χ2v) is 3.31. The Morgan fingerprint density at radius 2 is 1.89 bits per heavy atom. The number of methoxy groups -OCH3 is 2. The summed E-state index contributed by atoms with van der Waals surface area (Å²) in [4.78, 5) is 10.9. The van der Waals surface area contributed by atoms with E-state index in [4.69, 9.17) is 20.5 Å². The zero-order valence-corrected chi connectivity index (χ0v) is 9.93. The van der Waals surface area contributed by atoms with Crippen LogP contribution in [0, 0.1) is 11.3 Å². The molecule has 0 radical (unpaired) electrons. The molecule has 3 N–H and O–H groups in total. The highest BCUT2D eigenvalue weighted by Gasteiger charge is 2.11. The third kappa shape index (κ3) is 2.71. The number of amides is 1. The van der Waals surface area contributed by atoms with Crippen LogP contribution in [0.25, 0.3) is 6.08 Å². The molecule has 1 aromatic carbocycles. The van der Waals surface area contributed by atoms with E-state index in [1.54, 1.807) is 6.07 Å². The molecule has 0 atom stereocenters. The minimum absolute atomic E-state index is 0.158. The van der Waals surface area contributed by atoms with Crippen molar-refractivity contribution in [1.29, 1.82) is 5.26 Å². The van der Waals surface area contributed by atoms with Crippen molar-refractivity contribution < 1.29 is 19.4 Å². The van der Waals surface area contributed by atoms with Crippen molar-refractivity contribution in [3.8, 4) is 23.3 Å². The lowest BCUT2D eigenvalue weighted by Gasteiger charge is -2.09. The molecular formula is C12H12N2O4. The number of nitrogens with zero attached hydrogens (tertiary/aromatic N) is 1. The predicted molar refractivity (Wildman–Crippen MR) is 64.0 cm³/mol. The van der Waals surface area contributed by atoms with E-state index in [-0.39, 0.29) is 22.8 Å². The Labute approximate surface area is 104 Å². The van der Waals surface area contributed by atoms with Crippen molar-refractivity contribution in [2.45, 2.75) is 0 Å². The number of hydrogen-bond acceptors (Lipinski definition) is 5. The minimum Gasteiger partial charge on any atom is -0.502 e. The van der Waals surface area contributed by atoms with Crippen LogP contribution in [-0.2, 0) is 4.79 Å². The Balaban J connectivity index is 3.35. The van der Waals surface area contributed by atoms with Crippen molar-refractivity contribution >= 4 is 12.0 Å². The Kier molecular flexibility index (Phi) is 4.16. The van der Waals surface area contributed by atoms with Crippen LogP contribution in [0.4, 0.5) is 0 Å². The molecule has 1 rings (SSSR count). The number of primary amides is 1. The molecule has 0 aromatic heterocycles. The Morgan fingerprint density at radius 1 is 1.39 bits per heavy atom. The molecule has 0 saturated heterocycles. The van der Waals surface area contributed by atoms with Crippen molar-refractivity contribution in [3.05, 3.63) is 23.3 Å². The molecule has 0 aliphatic carbocycles. The quantitative estimate of drug-likeness (QED) is 0.605. The van der Waals surface area contributed by atoms with Gasteiger partial charge in [-0.25, -0.2) is 0 Å². The lowest BCUT2D eigenvalue weighted by Crippen LogP contribution is -2.12. The number of carbonyl (C=O) groups excluding carboxylic acids is 1. The van der Waals surface area contributed by atoms with Gasteiger partial charge in [-0.1, -0.05) is 0 Å². The largest absolute Gasteiger partial charge is 0.502 e. The normalized spacial score (nSPS) is 10.6. The molecule has 0 unspecified atom stereocenters. The molecule has 0 bridgehead atoms. The van der Waals surface area contributed by atoms with E-state index >= 15 is 0 Å². The highest BCUT2D eigenvalue weighted by atomic mass is 16.5. The fraction of sp³-hybridized carbons (Fsp3) is 0.167. The average Bonchev–Trinajstić information content (AvgIpc) is 2.36. The average molecular weight is 248 g/mol. The van der Waals surface area contributed by atoms with Crippen LogP contribution in [0.2, 0.25) is 0 Å². The number of hydrogen-bond donors (Lipinski definition) is 2. The van der Waals surface area contributed by atoms with Gasteiger partial charge in [0.2, 0.25) is 5.75 Å². The second kappa shape index (κ2) is 5.59. The monoisotopic (exact) mass is 248 g/mol. The van der Waals surface area contributed by atoms with E-state index in [1.807, 2.05) is 0 Å². The number of phenols is 1. The van der Waals surface area contributed by atoms with Gasteiger partial charge in [0, 0.05) is 0 Å². The van der Waals surface area contributed by atoms with Crippen LogP contribution in [0.1, 0.15) is 5.56 Å². The van der Waals surface area contributed by atoms with Gasteiger partial charge >= 0.3 is 0 Å². The molecule has 0 fully saturated rings. The number of nitrogens with two attached hydrogens (primary N) is 1. The standard InChI is InChI=1S/C12H12N2O4/c1-17-9-4-7(3-8(6-13)12(14)16)5-10(18-2)11(9)15/h3-5,15H,1-2H3,(H2,14,16)/b8-3-. The molecule has 94 valence electrons. The molecule has 0 heterocycles. The summed E-state index contributed by atoms with van der Waals surface area (Å²) in [7, 11) is 2.75. The van der Waals surface area contributed by atoms with Gasteiger partial charge in [-0.05, 0) is 23.8 Å². The van der Waals surface area contributed by atoms with Crippen LogP contribution in [-0.4, -0.2) is 25.2 Å². The van der Waals surface area contributed by atoms with Crippen LogP contribution in [0.15, 0.2) is 17.7 Å². The summed E-state index contributed by atoms with van der Waals surface area (Å²) in [5.74, 6) is -0.650. The van der Waals surface area contributed by atoms with Gasteiger partial charge in [-0.3, -0.25) is 4.79 Å². The molecule has 18 heavy (non-hydrogen) atoms. The molecule has 0 aliphatic heterocycles. The Bertz CT molecular complexity index is 518. The van der Waals surface area contributed by atoms with E-state index in [1.165, 1.54) is 32.4 Å². The second-order valence-electron chi connectivity index (χ2n) is 3.31. The molecule has 0 spiro atoms. The SMILES string of the molecule is COc1cc(/C=C(/C#N)C(N)=O)cc(OC)c1O. The predicted octanol–water partition coefficient (Wildman–Crippen LogP) is 0.802. The van der Waals surface area contributed by atoms with Crippen molar-refractivity contribution in [1.82, 2.24) is 0 Å². The fourth-order valence-electron chi connectivity index (χ4n) is 1.32. The summed E-state index contributed by atoms with van der Waals surface area (Å²) in [6, 6.07) is 4.59. The molecular weight excluding hydrogens is 236 g/mol. The molecule has 6 nitrogen and oxygen atoms in total. The number of benzene rings is 1. The van der Waals surface area contributed by atoms with E-state index in [0.29, 0.717) is 5.56 Å². The zero-order valence-electron chi connectivity index (χ0n) is 9.93. The third-order valence-electron chi connectivity index (χ3n) is 2.20. The van der Waals surface area contributed by atoms with Gasteiger partial charge in [0.05, 0.1) is 14.2 Å². The van der Waals surface area contributed by atoms with Gasteiger partial charge in [0.25, 0.3) is 5.91 Å². The number of rotatable bonds is 4. The summed E-state index contributed by atoms with van der Waals surface area (Å²) in [5, 5.41) is 18.4. The number of carbonyl (C=O) groups is 1. The Morgan fingerprint density at radius 3 is 2.22 bits per heavy atom. The van der Waals surface area contributed by atoms with Crippen LogP contribution >= 0.6 is 0 Å². The lowest BCUT2D eigenvalue weighted by molar-refractivity contribution is -0.114. The first-order chi connectivity index (χ1) is 8.53. The first-order valence-electron chi connectivity index (χ1n) is 4.90. The summed E-state index contributed by atoms with van der Waals surface area (Å²) >= 11 is 0. The molecule has 0 aliphatic rings. The highest BCUT2D eigenvalue weighted by Crippen LogP contribution is 2.37. The topological polar surface area (TPSA) is 106 Å². The molecule has 1 aromatic rings. The fourth-order valence-corrected chi connectivity index (χ4v) is 1.32. The third-order valence-corrected chi connectivity index (χ3v) is 2.20. The van der Waals surface area contributed by atoms with Crippen molar-refractivity contribution in [2.24, 2.45) is 5.73 Å². The van der Waals surface area contributed by atoms with Gasteiger partial charge in [0.15, 0.2) is 11.5 Å². The summed E-state index contributed by atoms with van der Waals surface area (Å²) in [6.45, 7) is 0. The van der Waals surface area contributed by atoms with E-state index in [0.717, 1.165) is 0 Å². The number of phenolic OH excluding ortho intramolecular Hbond substituents is 1. The highest BCUT2D eigenvalue weighted by molar-refractivity contribution is 6.00. The maximum absolute atomic E-state index is 10.9. The number of aromatic hydroxyl groups is 1. The summed E-state index contributed by atoms with van der Waals surface area (Å²) < 4.78 is 9.89. The van der Waals surface area contributed by atoms with Crippen LogP contribution in [0.5, 0.6) is 17.2 Å². The van der Waals surface area contributed by atoms with Gasteiger partial charge in [-0.2, -0.15) is 5.26 Å². The van der Waals surface area contributed by atoms with E-state index in [2.05, 4.69) is 0 Å². The maximum Gasteiger partial charge on any atom is 0.259 e. The Hall–Kier alpha value is -2.68. The smallest absolute Gasteiger partial charge is 0.259 e. The summed E-state index contributed by atoms with van der Waals surface area (Å²) in [6.07, 6.45) is 1.28. The minimum atomic E-state index is -0.830. The summed E-state index contributed by atoms with van der Waals surface area (Å²) in [5.41, 5.74) is 5.28. The van der Waals surface area contributed by atoms with Crippen LogP contribution < -0.4 is 15.2 Å². The van der Waals surface area contributed by atoms with Crippen molar-refractivity contribution in [3.63, 3.8) is 0 Å². The molecule has 0 saturated carbocycles. The van der Waals surface area contributed by atoms with E-state index in [9.17, 15) is 9.90 Å². The first kappa shape index (κ1) is 13.4. The molecule has 6 heteroatoms. The lowest BCUT2D eigenvalue weighted by atomic mass is 10.1. The maximum atomic E-state index is 10.9. The van der Waals surface area contributed by atoms with Gasteiger partial charge < -0.3 is 20.3 Å². The van der Waals surface area contributed by atoms with Crippen LogP contribution in [0.3, 0.4) is 0 Å². The van der Waals surface area contributed by atoms with Gasteiger partial charge in [0.1, 0.15) is 11.6 Å². The van der Waals surface area contributed by atoms with Crippen molar-refractivity contribution in [2.75, 3.05) is 14.2 Å². The molecule has 1 amide bonds. The van der Waals surface area contributed by atoms with Gasteiger partial charge in [-0.15, -0.1) is 0 Å².